The van der Waals surface area contributed by atoms with Gasteiger partial charge in [0, 0.05) is 26.7 Å². The zero-order valence-electron chi connectivity index (χ0n) is 11.6. The van der Waals surface area contributed by atoms with E-state index in [0.717, 1.165) is 11.5 Å². The molecule has 0 spiro atoms. The van der Waals surface area contributed by atoms with E-state index in [-0.39, 0.29) is 6.10 Å². The fourth-order valence-corrected chi connectivity index (χ4v) is 1.66. The first-order chi connectivity index (χ1) is 8.67. The Morgan fingerprint density at radius 2 is 1.94 bits per heavy atom. The number of hydrogen-bond acceptors (Lipinski definition) is 2. The predicted octanol–water partition coefficient (Wildman–Crippen LogP) is 1.95. The highest BCUT2D eigenvalue weighted by Crippen LogP contribution is 2.14. The quantitative estimate of drug-likeness (QED) is 0.619. The summed E-state index contributed by atoms with van der Waals surface area (Å²) in [4.78, 5) is 4.17. The molecule has 0 aliphatic heterocycles. The Balaban J connectivity index is 2.54. The van der Waals surface area contributed by atoms with Gasteiger partial charge in [-0.15, -0.1) is 0 Å². The zero-order chi connectivity index (χ0) is 13.4. The van der Waals surface area contributed by atoms with Crippen LogP contribution in [0, 0.1) is 0 Å². The molecular weight excluding hydrogens is 226 g/mol. The van der Waals surface area contributed by atoms with E-state index in [9.17, 15) is 0 Å². The van der Waals surface area contributed by atoms with Crippen LogP contribution in [-0.4, -0.2) is 32.7 Å². The lowest BCUT2D eigenvalue weighted by Gasteiger charge is -2.19. The molecule has 0 bridgehead atoms. The Morgan fingerprint density at radius 1 is 1.28 bits per heavy atom. The van der Waals surface area contributed by atoms with Gasteiger partial charge in [0.15, 0.2) is 5.96 Å². The third kappa shape index (κ3) is 4.75. The molecule has 0 aromatic heterocycles. The average Bonchev–Trinajstić information content (AvgIpc) is 2.39. The maximum atomic E-state index is 5.49. The van der Waals surface area contributed by atoms with Crippen molar-refractivity contribution in [3.63, 3.8) is 0 Å². The average molecular weight is 249 g/mol. The van der Waals surface area contributed by atoms with Gasteiger partial charge in [-0.05, 0) is 19.4 Å². The third-order valence-electron chi connectivity index (χ3n) is 2.56. The summed E-state index contributed by atoms with van der Waals surface area (Å²) in [5, 5.41) is 6.51. The Morgan fingerprint density at radius 3 is 2.44 bits per heavy atom. The standard InChI is InChI=1S/C14H23N3O/c1-11(2)17-14(15-3)16-10-13(18-4)12-8-6-5-7-9-12/h5-9,11,13H,10H2,1-4H3,(H2,15,16,17). The molecule has 18 heavy (non-hydrogen) atoms. The van der Waals surface area contributed by atoms with Gasteiger partial charge >= 0.3 is 0 Å². The Bertz CT molecular complexity index is 363. The van der Waals surface area contributed by atoms with Crippen LogP contribution in [0.1, 0.15) is 25.5 Å². The summed E-state index contributed by atoms with van der Waals surface area (Å²) in [7, 11) is 3.49. The van der Waals surface area contributed by atoms with Gasteiger partial charge in [0.1, 0.15) is 0 Å². The molecule has 0 aliphatic carbocycles. The smallest absolute Gasteiger partial charge is 0.191 e. The monoisotopic (exact) mass is 249 g/mol. The molecule has 4 nitrogen and oxygen atoms in total. The van der Waals surface area contributed by atoms with E-state index in [4.69, 9.17) is 4.74 Å². The number of hydrogen-bond donors (Lipinski definition) is 2. The molecule has 1 aromatic rings. The van der Waals surface area contributed by atoms with Crippen LogP contribution in [0.25, 0.3) is 0 Å². The van der Waals surface area contributed by atoms with E-state index in [1.54, 1.807) is 14.2 Å². The van der Waals surface area contributed by atoms with Crippen molar-refractivity contribution >= 4 is 5.96 Å². The van der Waals surface area contributed by atoms with Gasteiger partial charge in [0.25, 0.3) is 0 Å². The topological polar surface area (TPSA) is 45.7 Å². The van der Waals surface area contributed by atoms with Gasteiger partial charge in [0.2, 0.25) is 0 Å². The van der Waals surface area contributed by atoms with Crippen LogP contribution < -0.4 is 10.6 Å². The van der Waals surface area contributed by atoms with Gasteiger partial charge in [0.05, 0.1) is 6.10 Å². The second kappa shape index (κ2) is 7.71. The number of nitrogens with one attached hydrogen (secondary N) is 2. The molecule has 1 rings (SSSR count). The van der Waals surface area contributed by atoms with E-state index in [1.807, 2.05) is 18.2 Å². The molecule has 0 fully saturated rings. The van der Waals surface area contributed by atoms with Crippen LogP contribution in [0.5, 0.6) is 0 Å². The fraction of sp³-hybridized carbons (Fsp3) is 0.500. The summed E-state index contributed by atoms with van der Waals surface area (Å²) < 4.78 is 5.49. The summed E-state index contributed by atoms with van der Waals surface area (Å²) in [6.45, 7) is 4.85. The normalized spacial score (nSPS) is 13.5. The van der Waals surface area contributed by atoms with Gasteiger partial charge in [-0.25, -0.2) is 0 Å². The molecule has 1 aromatic carbocycles. The minimum absolute atomic E-state index is 0.0249. The Labute approximate surface area is 109 Å². The Hall–Kier alpha value is -1.55. The molecule has 1 unspecified atom stereocenters. The molecule has 100 valence electrons. The van der Waals surface area contributed by atoms with E-state index >= 15 is 0 Å². The lowest BCUT2D eigenvalue weighted by Crippen LogP contribution is -2.42. The Kier molecular flexibility index (Phi) is 6.22. The minimum atomic E-state index is 0.0249. The number of aliphatic imine (C=N–C) groups is 1. The first kappa shape index (κ1) is 14.5. The number of ether oxygens (including phenoxy) is 1. The number of guanidine groups is 1. The molecule has 0 amide bonds. The van der Waals surface area contributed by atoms with Crippen molar-refractivity contribution in [3.05, 3.63) is 35.9 Å². The van der Waals surface area contributed by atoms with E-state index in [0.29, 0.717) is 12.6 Å². The summed E-state index contributed by atoms with van der Waals surface area (Å²) in [5.74, 6) is 0.794. The molecule has 4 heteroatoms. The van der Waals surface area contributed by atoms with Gasteiger partial charge in [-0.1, -0.05) is 30.3 Å². The number of methoxy groups -OCH3 is 1. The lowest BCUT2D eigenvalue weighted by molar-refractivity contribution is 0.106. The summed E-state index contributed by atoms with van der Waals surface area (Å²) >= 11 is 0. The van der Waals surface area contributed by atoms with Crippen molar-refractivity contribution < 1.29 is 4.74 Å². The van der Waals surface area contributed by atoms with Gasteiger partial charge < -0.3 is 15.4 Å². The second-order valence-corrected chi connectivity index (χ2v) is 4.39. The van der Waals surface area contributed by atoms with Gasteiger partial charge in [-0.2, -0.15) is 0 Å². The van der Waals surface area contributed by atoms with Crippen LogP contribution in [0.4, 0.5) is 0 Å². The lowest BCUT2D eigenvalue weighted by atomic mass is 10.1. The molecular formula is C14H23N3O. The SMILES string of the molecule is CN=C(NCC(OC)c1ccccc1)NC(C)C. The molecule has 1 atom stereocenters. The largest absolute Gasteiger partial charge is 0.375 e. The van der Waals surface area contributed by atoms with Crippen molar-refractivity contribution in [2.75, 3.05) is 20.7 Å². The van der Waals surface area contributed by atoms with Crippen molar-refractivity contribution in [1.82, 2.24) is 10.6 Å². The molecule has 0 heterocycles. The van der Waals surface area contributed by atoms with Crippen molar-refractivity contribution in [1.29, 1.82) is 0 Å². The van der Waals surface area contributed by atoms with Crippen molar-refractivity contribution in [2.45, 2.75) is 26.0 Å². The highest BCUT2D eigenvalue weighted by Gasteiger charge is 2.10. The predicted molar refractivity (Wildman–Crippen MR) is 75.8 cm³/mol. The second-order valence-electron chi connectivity index (χ2n) is 4.39. The van der Waals surface area contributed by atoms with Crippen LogP contribution >= 0.6 is 0 Å². The summed E-state index contributed by atoms with van der Waals surface area (Å²) in [6, 6.07) is 10.5. The van der Waals surface area contributed by atoms with E-state index in [2.05, 4.69) is 41.6 Å². The van der Waals surface area contributed by atoms with Crippen LogP contribution in [0.15, 0.2) is 35.3 Å². The maximum Gasteiger partial charge on any atom is 0.191 e. The first-order valence-corrected chi connectivity index (χ1v) is 6.22. The molecule has 0 aliphatic rings. The molecule has 0 saturated carbocycles. The highest BCUT2D eigenvalue weighted by atomic mass is 16.5. The minimum Gasteiger partial charge on any atom is -0.375 e. The summed E-state index contributed by atoms with van der Waals surface area (Å²) in [5.41, 5.74) is 1.16. The number of benzene rings is 1. The van der Waals surface area contributed by atoms with E-state index < -0.39 is 0 Å². The highest BCUT2D eigenvalue weighted by molar-refractivity contribution is 5.79. The molecule has 0 radical (unpaired) electrons. The van der Waals surface area contributed by atoms with E-state index in [1.165, 1.54) is 0 Å². The van der Waals surface area contributed by atoms with Crippen molar-refractivity contribution in [3.8, 4) is 0 Å². The first-order valence-electron chi connectivity index (χ1n) is 6.22. The van der Waals surface area contributed by atoms with Crippen LogP contribution in [-0.2, 0) is 4.74 Å². The number of rotatable bonds is 5. The summed E-state index contributed by atoms with van der Waals surface area (Å²) in [6.07, 6.45) is 0.0249. The van der Waals surface area contributed by atoms with Crippen molar-refractivity contribution in [2.24, 2.45) is 4.99 Å². The van der Waals surface area contributed by atoms with Gasteiger partial charge in [-0.3, -0.25) is 4.99 Å². The molecule has 0 saturated heterocycles. The van der Waals surface area contributed by atoms with Crippen LogP contribution in [0.2, 0.25) is 0 Å². The maximum absolute atomic E-state index is 5.49. The zero-order valence-corrected chi connectivity index (χ0v) is 11.6. The third-order valence-corrected chi connectivity index (χ3v) is 2.56. The number of nitrogens with zero attached hydrogens (tertiary/aromatic N) is 1. The molecule has 2 N–H and O–H groups in total. The fourth-order valence-electron chi connectivity index (χ4n) is 1.66. The van der Waals surface area contributed by atoms with Crippen LogP contribution in [0.3, 0.4) is 0 Å².